The third kappa shape index (κ3) is 5.05. The predicted octanol–water partition coefficient (Wildman–Crippen LogP) is 4.89. The molecule has 3 atom stereocenters. The Balaban J connectivity index is 1.52. The van der Waals surface area contributed by atoms with E-state index in [0.29, 0.717) is 6.61 Å². The number of rotatable bonds is 10. The Morgan fingerprint density at radius 2 is 1.59 bits per heavy atom. The molecule has 3 fully saturated rings. The first-order valence-corrected chi connectivity index (χ1v) is 15.9. The molecule has 0 spiro atoms. The molecule has 37 heavy (non-hydrogen) atoms. The van der Waals surface area contributed by atoms with Crippen LogP contribution in [0.5, 0.6) is 0 Å². The van der Waals surface area contributed by atoms with Crippen molar-refractivity contribution in [2.24, 2.45) is 17.1 Å². The van der Waals surface area contributed by atoms with E-state index < -0.39 is 13.7 Å². The number of hydrogen-bond donors (Lipinski definition) is 1. The van der Waals surface area contributed by atoms with Gasteiger partial charge in [-0.2, -0.15) is 5.26 Å². The van der Waals surface area contributed by atoms with Crippen LogP contribution in [0.4, 0.5) is 0 Å². The summed E-state index contributed by atoms with van der Waals surface area (Å²) in [5.41, 5.74) is 6.17. The fourth-order valence-corrected chi connectivity index (χ4v) is 10.9. The van der Waals surface area contributed by atoms with Crippen molar-refractivity contribution in [1.29, 1.82) is 5.26 Å². The van der Waals surface area contributed by atoms with Crippen molar-refractivity contribution in [1.82, 2.24) is 0 Å². The van der Waals surface area contributed by atoms with Crippen molar-refractivity contribution in [2.75, 3.05) is 13.2 Å². The van der Waals surface area contributed by atoms with Gasteiger partial charge in [0.25, 0.3) is 8.32 Å². The van der Waals surface area contributed by atoms with Gasteiger partial charge in [0, 0.05) is 25.2 Å². The van der Waals surface area contributed by atoms with Gasteiger partial charge in [-0.05, 0) is 60.4 Å². The Kier molecular flexibility index (Phi) is 7.39. The molecular formula is C31H42N2O3Si. The number of nitrogens with two attached hydrogens (primary N) is 1. The normalized spacial score (nSPS) is 24.0. The van der Waals surface area contributed by atoms with Gasteiger partial charge in [-0.3, -0.25) is 0 Å². The summed E-state index contributed by atoms with van der Waals surface area (Å²) in [5, 5.41) is 12.5. The van der Waals surface area contributed by atoms with Crippen LogP contribution in [0, 0.1) is 22.7 Å². The van der Waals surface area contributed by atoms with Crippen LogP contribution in [0.2, 0.25) is 5.04 Å². The summed E-state index contributed by atoms with van der Waals surface area (Å²) >= 11 is 0. The highest BCUT2D eigenvalue weighted by atomic mass is 28.4. The van der Waals surface area contributed by atoms with Crippen LogP contribution in [0.3, 0.4) is 0 Å². The lowest BCUT2D eigenvalue weighted by Gasteiger charge is -2.45. The topological polar surface area (TPSA) is 77.5 Å². The van der Waals surface area contributed by atoms with Crippen molar-refractivity contribution < 1.29 is 13.9 Å². The fraction of sp³-hybridized carbons (Fsp3) is 0.581. The third-order valence-corrected chi connectivity index (χ3v) is 13.9. The van der Waals surface area contributed by atoms with Gasteiger partial charge in [-0.25, -0.2) is 0 Å². The molecule has 1 saturated heterocycles. The minimum Gasteiger partial charge on any atom is -0.407 e. The van der Waals surface area contributed by atoms with E-state index in [0.717, 1.165) is 51.6 Å². The van der Waals surface area contributed by atoms with E-state index in [1.165, 1.54) is 10.4 Å². The molecule has 2 aliphatic carbocycles. The van der Waals surface area contributed by atoms with Gasteiger partial charge >= 0.3 is 0 Å². The number of benzene rings is 2. The van der Waals surface area contributed by atoms with E-state index in [4.69, 9.17) is 19.6 Å². The standard InChI is InChI=1S/C31H42N2O3Si/c1-29(2,3)37(24-12-6-4-7-13-24,25-14-8-5-9-15-25)35-22-26(28(33)30(23-32)17-18-30)31(19-20-31)36-27-16-10-11-21-34-27/h4-9,12-15,26-28H,10-11,16-22,33H2,1-3H3/t26-,27?,28?/m0/s1. The van der Waals surface area contributed by atoms with Gasteiger partial charge in [0.2, 0.25) is 0 Å². The number of ether oxygens (including phenoxy) is 2. The summed E-state index contributed by atoms with van der Waals surface area (Å²) in [5.74, 6) is -0.0678. The molecule has 1 aliphatic heterocycles. The maximum Gasteiger partial charge on any atom is 0.261 e. The molecule has 6 heteroatoms. The van der Waals surface area contributed by atoms with Gasteiger partial charge in [0.1, 0.15) is 0 Å². The first kappa shape index (κ1) is 26.6. The third-order valence-electron chi connectivity index (χ3n) is 8.90. The van der Waals surface area contributed by atoms with Crippen molar-refractivity contribution in [3.05, 3.63) is 60.7 Å². The maximum absolute atomic E-state index is 10.1. The fourth-order valence-electron chi connectivity index (χ4n) is 6.36. The first-order valence-electron chi connectivity index (χ1n) is 14.0. The first-order chi connectivity index (χ1) is 17.8. The highest BCUT2D eigenvalue weighted by molar-refractivity contribution is 6.99. The summed E-state index contributed by atoms with van der Waals surface area (Å²) in [7, 11) is -2.74. The average Bonchev–Trinajstić information content (AvgIpc) is 3.84. The van der Waals surface area contributed by atoms with Crippen molar-refractivity contribution in [3.8, 4) is 6.07 Å². The molecule has 0 bridgehead atoms. The van der Waals surface area contributed by atoms with Crippen LogP contribution < -0.4 is 16.1 Å². The maximum atomic E-state index is 10.1. The van der Waals surface area contributed by atoms with E-state index in [2.05, 4.69) is 87.5 Å². The highest BCUT2D eigenvalue weighted by Crippen LogP contribution is 2.57. The molecule has 198 valence electrons. The zero-order valence-corrected chi connectivity index (χ0v) is 23.6. The van der Waals surface area contributed by atoms with Crippen molar-refractivity contribution in [3.63, 3.8) is 0 Å². The molecule has 2 aromatic carbocycles. The van der Waals surface area contributed by atoms with Crippen molar-refractivity contribution >= 4 is 18.7 Å². The average molecular weight is 519 g/mol. The Bertz CT molecular complexity index is 1040. The van der Waals surface area contributed by atoms with Gasteiger partial charge in [0.15, 0.2) is 6.29 Å². The molecule has 0 radical (unpaired) electrons. The van der Waals surface area contributed by atoms with Gasteiger partial charge in [-0.15, -0.1) is 0 Å². The summed E-state index contributed by atoms with van der Waals surface area (Å²) in [6.45, 7) is 8.12. The van der Waals surface area contributed by atoms with Crippen LogP contribution in [0.25, 0.3) is 0 Å². The molecular weight excluding hydrogens is 476 g/mol. The molecule has 5 nitrogen and oxygen atoms in total. The Labute approximate surface area is 223 Å². The van der Waals surface area contributed by atoms with Crippen LogP contribution >= 0.6 is 0 Å². The predicted molar refractivity (Wildman–Crippen MR) is 149 cm³/mol. The summed E-state index contributed by atoms with van der Waals surface area (Å²) in [4.78, 5) is 0. The number of hydrogen-bond acceptors (Lipinski definition) is 5. The zero-order valence-electron chi connectivity index (χ0n) is 22.6. The zero-order chi connectivity index (χ0) is 26.2. The molecule has 2 aromatic rings. The largest absolute Gasteiger partial charge is 0.407 e. The molecule has 3 aliphatic rings. The van der Waals surface area contributed by atoms with Crippen LogP contribution in [0.15, 0.2) is 60.7 Å². The van der Waals surface area contributed by atoms with Gasteiger partial charge in [-0.1, -0.05) is 81.4 Å². The molecule has 0 amide bonds. The van der Waals surface area contributed by atoms with Crippen molar-refractivity contribution in [2.45, 2.75) is 88.7 Å². The molecule has 2 unspecified atom stereocenters. The lowest BCUT2D eigenvalue weighted by Crippen LogP contribution is -2.67. The summed E-state index contributed by atoms with van der Waals surface area (Å²) in [6.07, 6.45) is 6.54. The van der Waals surface area contributed by atoms with E-state index >= 15 is 0 Å². The van der Waals surface area contributed by atoms with E-state index in [9.17, 15) is 5.26 Å². The van der Waals surface area contributed by atoms with Crippen LogP contribution in [-0.4, -0.2) is 39.5 Å². The smallest absolute Gasteiger partial charge is 0.261 e. The Morgan fingerprint density at radius 3 is 2.03 bits per heavy atom. The SMILES string of the molecule is CC(C)(C)[Si](OC[C@@H](C(N)C1(C#N)CC1)C1(OC2CCCCO2)CC1)(c1ccccc1)c1ccccc1. The van der Waals surface area contributed by atoms with Crippen LogP contribution in [0.1, 0.15) is 65.7 Å². The van der Waals surface area contributed by atoms with Crippen LogP contribution in [-0.2, 0) is 13.9 Å². The monoisotopic (exact) mass is 518 g/mol. The summed E-state index contributed by atoms with van der Waals surface area (Å²) < 4.78 is 20.1. The molecule has 2 N–H and O–H groups in total. The van der Waals surface area contributed by atoms with E-state index in [1.807, 2.05) is 0 Å². The molecule has 1 heterocycles. The van der Waals surface area contributed by atoms with E-state index in [-0.39, 0.29) is 28.9 Å². The lowest BCUT2D eigenvalue weighted by atomic mass is 9.82. The Morgan fingerprint density at radius 1 is 1.00 bits per heavy atom. The number of nitriles is 1. The highest BCUT2D eigenvalue weighted by Gasteiger charge is 2.62. The second-order valence-corrected chi connectivity index (χ2v) is 16.7. The molecule has 5 rings (SSSR count). The quantitative estimate of drug-likeness (QED) is 0.453. The van der Waals surface area contributed by atoms with Gasteiger partial charge < -0.3 is 19.6 Å². The lowest BCUT2D eigenvalue weighted by molar-refractivity contribution is -0.213. The minimum absolute atomic E-state index is 0.0678. The van der Waals surface area contributed by atoms with Gasteiger partial charge in [0.05, 0.1) is 17.1 Å². The summed E-state index contributed by atoms with van der Waals surface area (Å²) in [6, 6.07) is 23.7. The number of nitrogens with zero attached hydrogens (tertiary/aromatic N) is 1. The second kappa shape index (κ2) is 10.3. The molecule has 2 saturated carbocycles. The molecule has 0 aromatic heterocycles. The minimum atomic E-state index is -2.74. The Hall–Kier alpha value is -2.01. The van der Waals surface area contributed by atoms with E-state index in [1.54, 1.807) is 0 Å². The second-order valence-electron chi connectivity index (χ2n) is 12.4.